The second-order valence-corrected chi connectivity index (χ2v) is 5.61. The van der Waals surface area contributed by atoms with Crippen LogP contribution in [-0.2, 0) is 9.53 Å². The minimum atomic E-state index is -0.472. The zero-order valence-corrected chi connectivity index (χ0v) is 15.8. The van der Waals surface area contributed by atoms with Crippen molar-refractivity contribution in [2.24, 2.45) is 0 Å². The molecule has 0 spiro atoms. The van der Waals surface area contributed by atoms with Crippen LogP contribution in [0.3, 0.4) is 0 Å². The number of unbranched alkanes of at least 4 members (excludes halogenated alkanes) is 1. The lowest BCUT2D eigenvalue weighted by atomic mass is 10.2. The summed E-state index contributed by atoms with van der Waals surface area (Å²) in [6, 6.07) is 0. The summed E-state index contributed by atoms with van der Waals surface area (Å²) >= 11 is 0. The fourth-order valence-corrected chi connectivity index (χ4v) is 1.99. The number of carbonyl (C=O) groups is 1. The molecule has 0 unspecified atom stereocenters. The summed E-state index contributed by atoms with van der Waals surface area (Å²) in [6.07, 6.45) is 25.4. The molecule has 0 aromatic heterocycles. The van der Waals surface area contributed by atoms with Crippen molar-refractivity contribution in [1.29, 1.82) is 0 Å². The highest BCUT2D eigenvalue weighted by atomic mass is 16.5. The maximum atomic E-state index is 11.1. The lowest BCUT2D eigenvalue weighted by Gasteiger charge is -2.00. The van der Waals surface area contributed by atoms with Crippen LogP contribution >= 0.6 is 0 Å². The van der Waals surface area contributed by atoms with Gasteiger partial charge in [0.2, 0.25) is 0 Å². The Kier molecular flexibility index (Phi) is 17.1. The molecule has 0 saturated carbocycles. The van der Waals surface area contributed by atoms with E-state index in [2.05, 4.69) is 37.3 Å². The maximum absolute atomic E-state index is 11.1. The van der Waals surface area contributed by atoms with Crippen LogP contribution in [0.1, 0.15) is 58.8 Å². The number of rotatable bonds is 14. The summed E-state index contributed by atoms with van der Waals surface area (Å²) in [5.74, 6) is -0.141. The lowest BCUT2D eigenvalue weighted by molar-refractivity contribution is -0.143. The zero-order valence-electron chi connectivity index (χ0n) is 15.8. The van der Waals surface area contributed by atoms with Crippen LogP contribution in [0.4, 0.5) is 0 Å². The standard InChI is InChI=1S/C22H34O3/c1-3-5-6-7-8-9-10-11-12-15-18-21(23)19-16-13-14-17-20-22(24)25-4-2/h5-6,8-9,11-13,15-16,18,21,23H,3-4,7,10,14,17,19-20H2,1-2H3/b6-5-,9-8-,12-11-,16-13-,18-15+/t21-/m0/s1. The third kappa shape index (κ3) is 18.3. The molecule has 140 valence electrons. The number of hydrogen-bond acceptors (Lipinski definition) is 3. The smallest absolute Gasteiger partial charge is 0.305 e. The van der Waals surface area contributed by atoms with Crippen LogP contribution < -0.4 is 0 Å². The Morgan fingerprint density at radius 2 is 1.68 bits per heavy atom. The van der Waals surface area contributed by atoms with Gasteiger partial charge in [0.25, 0.3) is 0 Å². The molecule has 1 atom stereocenters. The molecule has 0 bridgehead atoms. The lowest BCUT2D eigenvalue weighted by Crippen LogP contribution is -2.02. The van der Waals surface area contributed by atoms with Crippen LogP contribution in [0.5, 0.6) is 0 Å². The van der Waals surface area contributed by atoms with Crippen LogP contribution in [0.25, 0.3) is 0 Å². The predicted octanol–water partition coefficient (Wildman–Crippen LogP) is 5.44. The first-order chi connectivity index (χ1) is 12.2. The summed E-state index contributed by atoms with van der Waals surface area (Å²) < 4.78 is 4.86. The zero-order chi connectivity index (χ0) is 18.6. The van der Waals surface area contributed by atoms with Crippen molar-refractivity contribution in [3.05, 3.63) is 60.8 Å². The Morgan fingerprint density at radius 3 is 2.40 bits per heavy atom. The molecule has 0 aromatic carbocycles. The van der Waals surface area contributed by atoms with Crippen LogP contribution in [-0.4, -0.2) is 23.8 Å². The Bertz CT molecular complexity index is 456. The molecular formula is C22H34O3. The van der Waals surface area contributed by atoms with E-state index in [1.54, 1.807) is 6.08 Å². The fraction of sp³-hybridized carbons (Fsp3) is 0.500. The molecule has 0 aliphatic heterocycles. The summed E-state index contributed by atoms with van der Waals surface area (Å²) in [5, 5.41) is 9.82. The molecule has 0 saturated heterocycles. The topological polar surface area (TPSA) is 46.5 Å². The highest BCUT2D eigenvalue weighted by Crippen LogP contribution is 2.02. The minimum Gasteiger partial charge on any atom is -0.466 e. The molecule has 0 aromatic rings. The first kappa shape index (κ1) is 23.1. The van der Waals surface area contributed by atoms with Crippen molar-refractivity contribution in [3.63, 3.8) is 0 Å². The van der Waals surface area contributed by atoms with E-state index in [9.17, 15) is 9.90 Å². The fourth-order valence-electron chi connectivity index (χ4n) is 1.99. The van der Waals surface area contributed by atoms with E-state index in [-0.39, 0.29) is 5.97 Å². The van der Waals surface area contributed by atoms with E-state index in [1.165, 1.54) is 0 Å². The molecule has 3 nitrogen and oxygen atoms in total. The van der Waals surface area contributed by atoms with Gasteiger partial charge in [0.15, 0.2) is 0 Å². The van der Waals surface area contributed by atoms with E-state index in [0.717, 1.165) is 32.1 Å². The number of esters is 1. The number of ether oxygens (including phenoxy) is 1. The third-order valence-electron chi connectivity index (χ3n) is 3.30. The Morgan fingerprint density at radius 1 is 0.960 bits per heavy atom. The molecule has 0 aliphatic carbocycles. The van der Waals surface area contributed by atoms with E-state index in [1.807, 2.05) is 31.2 Å². The van der Waals surface area contributed by atoms with E-state index >= 15 is 0 Å². The summed E-state index contributed by atoms with van der Waals surface area (Å²) in [6.45, 7) is 4.38. The molecule has 0 heterocycles. The van der Waals surface area contributed by atoms with E-state index in [4.69, 9.17) is 4.74 Å². The molecule has 0 fully saturated rings. The summed E-state index contributed by atoms with van der Waals surface area (Å²) in [7, 11) is 0. The minimum absolute atomic E-state index is 0.141. The second kappa shape index (κ2) is 18.5. The quantitative estimate of drug-likeness (QED) is 0.197. The Hall–Kier alpha value is -1.87. The molecule has 0 aliphatic rings. The van der Waals surface area contributed by atoms with Gasteiger partial charge in [0.05, 0.1) is 12.7 Å². The van der Waals surface area contributed by atoms with Gasteiger partial charge in [0, 0.05) is 6.42 Å². The number of allylic oxidation sites excluding steroid dienone is 8. The number of aliphatic hydroxyl groups excluding tert-OH is 1. The van der Waals surface area contributed by atoms with Crippen LogP contribution in [0.15, 0.2) is 60.8 Å². The van der Waals surface area contributed by atoms with Crippen molar-refractivity contribution < 1.29 is 14.6 Å². The van der Waals surface area contributed by atoms with Gasteiger partial charge in [-0.15, -0.1) is 0 Å². The SMILES string of the molecule is CC/C=C\C/C=C\C/C=C\C=C\[C@H](O)C/C=C\CCCC(=O)OCC. The molecular weight excluding hydrogens is 312 g/mol. The molecule has 25 heavy (non-hydrogen) atoms. The highest BCUT2D eigenvalue weighted by molar-refractivity contribution is 5.69. The van der Waals surface area contributed by atoms with Crippen molar-refractivity contribution in [2.75, 3.05) is 6.61 Å². The van der Waals surface area contributed by atoms with Crippen LogP contribution in [0.2, 0.25) is 0 Å². The summed E-state index contributed by atoms with van der Waals surface area (Å²) in [4.78, 5) is 11.1. The van der Waals surface area contributed by atoms with Crippen molar-refractivity contribution in [1.82, 2.24) is 0 Å². The normalized spacial score (nSPS) is 13.9. The molecule has 0 amide bonds. The first-order valence-corrected chi connectivity index (χ1v) is 9.32. The van der Waals surface area contributed by atoms with E-state index < -0.39 is 6.10 Å². The molecule has 0 radical (unpaired) electrons. The number of carbonyl (C=O) groups excluding carboxylic acids is 1. The van der Waals surface area contributed by atoms with Gasteiger partial charge in [-0.2, -0.15) is 0 Å². The Labute approximate surface area is 153 Å². The third-order valence-corrected chi connectivity index (χ3v) is 3.30. The van der Waals surface area contributed by atoms with Gasteiger partial charge < -0.3 is 9.84 Å². The van der Waals surface area contributed by atoms with Gasteiger partial charge >= 0.3 is 5.97 Å². The largest absolute Gasteiger partial charge is 0.466 e. The molecule has 1 N–H and O–H groups in total. The van der Waals surface area contributed by atoms with Gasteiger partial charge in [0.1, 0.15) is 0 Å². The molecule has 3 heteroatoms. The van der Waals surface area contributed by atoms with E-state index in [0.29, 0.717) is 19.4 Å². The van der Waals surface area contributed by atoms with Gasteiger partial charge in [-0.1, -0.05) is 67.7 Å². The number of hydrogen-bond donors (Lipinski definition) is 1. The molecule has 0 rings (SSSR count). The monoisotopic (exact) mass is 346 g/mol. The van der Waals surface area contributed by atoms with Gasteiger partial charge in [-0.25, -0.2) is 0 Å². The maximum Gasteiger partial charge on any atom is 0.305 e. The van der Waals surface area contributed by atoms with Crippen LogP contribution in [0, 0.1) is 0 Å². The average Bonchev–Trinajstić information content (AvgIpc) is 2.60. The van der Waals surface area contributed by atoms with Crippen molar-refractivity contribution >= 4 is 5.97 Å². The van der Waals surface area contributed by atoms with Gasteiger partial charge in [-0.3, -0.25) is 4.79 Å². The van der Waals surface area contributed by atoms with Crippen molar-refractivity contribution in [2.45, 2.75) is 64.9 Å². The predicted molar refractivity (Wildman–Crippen MR) is 106 cm³/mol. The Balaban J connectivity index is 3.70. The second-order valence-electron chi connectivity index (χ2n) is 5.61. The first-order valence-electron chi connectivity index (χ1n) is 9.32. The van der Waals surface area contributed by atoms with Crippen molar-refractivity contribution in [3.8, 4) is 0 Å². The highest BCUT2D eigenvalue weighted by Gasteiger charge is 1.99. The van der Waals surface area contributed by atoms with Gasteiger partial charge in [-0.05, 0) is 45.4 Å². The summed E-state index contributed by atoms with van der Waals surface area (Å²) in [5.41, 5.74) is 0. The number of aliphatic hydroxyl groups is 1. The average molecular weight is 347 g/mol.